The van der Waals surface area contributed by atoms with Crippen molar-refractivity contribution in [3.8, 4) is 22.9 Å². The second-order valence-electron chi connectivity index (χ2n) is 8.03. The van der Waals surface area contributed by atoms with Crippen molar-refractivity contribution in [3.05, 3.63) is 53.9 Å². The van der Waals surface area contributed by atoms with Gasteiger partial charge in [0.15, 0.2) is 11.6 Å². The van der Waals surface area contributed by atoms with E-state index in [2.05, 4.69) is 35.8 Å². The monoisotopic (exact) mass is 383 g/mol. The molecule has 6 nitrogen and oxygen atoms in total. The van der Waals surface area contributed by atoms with Gasteiger partial charge in [-0.25, -0.2) is 14.4 Å². The summed E-state index contributed by atoms with van der Waals surface area (Å²) in [6.45, 7) is 9.57. The number of nitrogens with two attached hydrogens (primary N) is 1. The molecule has 0 saturated heterocycles. The first kappa shape index (κ1) is 19.9. The molecule has 28 heavy (non-hydrogen) atoms. The Kier molecular flexibility index (Phi) is 5.74. The van der Waals surface area contributed by atoms with E-state index in [4.69, 9.17) is 10.5 Å². The first-order valence-electron chi connectivity index (χ1n) is 9.28. The van der Waals surface area contributed by atoms with E-state index in [1.807, 2.05) is 17.8 Å². The summed E-state index contributed by atoms with van der Waals surface area (Å²) >= 11 is 0. The van der Waals surface area contributed by atoms with Gasteiger partial charge in [-0.15, -0.1) is 0 Å². The van der Waals surface area contributed by atoms with Gasteiger partial charge in [-0.1, -0.05) is 20.8 Å². The molecule has 2 heterocycles. The van der Waals surface area contributed by atoms with Gasteiger partial charge in [0, 0.05) is 25.0 Å². The van der Waals surface area contributed by atoms with Gasteiger partial charge in [0.25, 0.3) is 0 Å². The Morgan fingerprint density at radius 1 is 1.14 bits per heavy atom. The minimum atomic E-state index is -0.391. The van der Waals surface area contributed by atoms with E-state index < -0.39 is 5.82 Å². The van der Waals surface area contributed by atoms with Gasteiger partial charge in [-0.2, -0.15) is 5.10 Å². The predicted octanol–water partition coefficient (Wildman–Crippen LogP) is 4.13. The third-order valence-electron chi connectivity index (χ3n) is 4.08. The summed E-state index contributed by atoms with van der Waals surface area (Å²) in [5.74, 6) is 1.01. The summed E-state index contributed by atoms with van der Waals surface area (Å²) in [4.78, 5) is 8.77. The van der Waals surface area contributed by atoms with Crippen LogP contribution in [0.15, 0.2) is 36.8 Å². The molecule has 3 aromatic rings. The van der Waals surface area contributed by atoms with Crippen molar-refractivity contribution in [2.45, 2.75) is 40.7 Å². The summed E-state index contributed by atoms with van der Waals surface area (Å²) in [5, 5.41) is 4.50. The Morgan fingerprint density at radius 2 is 1.86 bits per heavy atom. The zero-order valence-electron chi connectivity index (χ0n) is 16.7. The average Bonchev–Trinajstić information content (AvgIpc) is 2.93. The lowest BCUT2D eigenvalue weighted by Crippen LogP contribution is -2.15. The van der Waals surface area contributed by atoms with E-state index in [1.54, 1.807) is 18.5 Å². The molecule has 0 spiro atoms. The predicted molar refractivity (Wildman–Crippen MR) is 107 cm³/mol. The lowest BCUT2D eigenvalue weighted by Gasteiger charge is -2.17. The molecule has 0 atom stereocenters. The van der Waals surface area contributed by atoms with Crippen molar-refractivity contribution in [1.29, 1.82) is 0 Å². The minimum absolute atomic E-state index is 0.0822. The molecule has 7 heteroatoms. The summed E-state index contributed by atoms with van der Waals surface area (Å²) in [6, 6.07) is 4.33. The molecule has 0 fully saturated rings. The largest absolute Gasteiger partial charge is 0.453 e. The van der Waals surface area contributed by atoms with E-state index >= 15 is 0 Å². The Labute approximate surface area is 164 Å². The summed E-state index contributed by atoms with van der Waals surface area (Å²) in [7, 11) is 0. The van der Waals surface area contributed by atoms with E-state index in [-0.39, 0.29) is 5.41 Å². The molecule has 0 aliphatic rings. The molecular formula is C21H26FN5O. The van der Waals surface area contributed by atoms with Crippen molar-refractivity contribution in [3.63, 3.8) is 0 Å². The van der Waals surface area contributed by atoms with Gasteiger partial charge in [0.05, 0.1) is 11.8 Å². The molecule has 0 unspecified atom stereocenters. The molecule has 0 radical (unpaired) electrons. The molecule has 3 rings (SSSR count). The molecule has 0 aliphatic heterocycles. The maximum absolute atomic E-state index is 13.9. The zero-order chi connectivity index (χ0) is 20.3. The number of aryl methyl sites for hydroxylation is 1. The van der Waals surface area contributed by atoms with Crippen LogP contribution in [-0.2, 0) is 13.0 Å². The van der Waals surface area contributed by atoms with Crippen LogP contribution in [0.5, 0.6) is 11.5 Å². The van der Waals surface area contributed by atoms with Crippen molar-refractivity contribution in [1.82, 2.24) is 19.7 Å². The molecule has 0 bridgehead atoms. The molecule has 0 saturated carbocycles. The summed E-state index contributed by atoms with van der Waals surface area (Å²) in [6.07, 6.45) is 6.00. The molecule has 1 aromatic carbocycles. The fraction of sp³-hybridized carbons (Fsp3) is 0.381. The SMILES string of the molecule is Cc1nn(CC(C)(C)C)cc1Oc1cc(F)ccc1-c1ncc(CCN)cn1. The van der Waals surface area contributed by atoms with Crippen LogP contribution in [0.2, 0.25) is 0 Å². The topological polar surface area (TPSA) is 78.8 Å². The van der Waals surface area contributed by atoms with Crippen molar-refractivity contribution in [2.24, 2.45) is 11.1 Å². The van der Waals surface area contributed by atoms with Gasteiger partial charge < -0.3 is 10.5 Å². The summed E-state index contributed by atoms with van der Waals surface area (Å²) in [5.41, 5.74) is 7.95. The van der Waals surface area contributed by atoms with Crippen LogP contribution >= 0.6 is 0 Å². The number of aromatic nitrogens is 4. The number of nitrogens with zero attached hydrogens (tertiary/aromatic N) is 4. The maximum Gasteiger partial charge on any atom is 0.168 e. The molecule has 2 aromatic heterocycles. The quantitative estimate of drug-likeness (QED) is 0.692. The number of benzene rings is 1. The first-order chi connectivity index (χ1) is 13.2. The smallest absolute Gasteiger partial charge is 0.168 e. The number of ether oxygens (including phenoxy) is 1. The van der Waals surface area contributed by atoms with Crippen LogP contribution in [-0.4, -0.2) is 26.3 Å². The number of halogens is 1. The lowest BCUT2D eigenvalue weighted by molar-refractivity contribution is 0.324. The van der Waals surface area contributed by atoms with Crippen LogP contribution in [0.25, 0.3) is 11.4 Å². The Morgan fingerprint density at radius 3 is 2.50 bits per heavy atom. The first-order valence-corrected chi connectivity index (χ1v) is 9.28. The van der Waals surface area contributed by atoms with Gasteiger partial charge in [0.2, 0.25) is 0 Å². The highest BCUT2D eigenvalue weighted by Gasteiger charge is 2.17. The van der Waals surface area contributed by atoms with Crippen LogP contribution in [0.1, 0.15) is 32.0 Å². The lowest BCUT2D eigenvalue weighted by atomic mass is 9.97. The van der Waals surface area contributed by atoms with E-state index in [0.29, 0.717) is 35.9 Å². The Balaban J connectivity index is 1.91. The molecular weight excluding hydrogens is 357 g/mol. The second kappa shape index (κ2) is 8.06. The molecule has 0 aliphatic carbocycles. The van der Waals surface area contributed by atoms with E-state index in [0.717, 1.165) is 17.8 Å². The van der Waals surface area contributed by atoms with Gasteiger partial charge in [-0.3, -0.25) is 4.68 Å². The maximum atomic E-state index is 13.9. The number of rotatable bonds is 6. The highest BCUT2D eigenvalue weighted by molar-refractivity contribution is 5.64. The van der Waals surface area contributed by atoms with Crippen LogP contribution < -0.4 is 10.5 Å². The number of hydrogen-bond acceptors (Lipinski definition) is 5. The Bertz CT molecular complexity index is 944. The van der Waals surface area contributed by atoms with Gasteiger partial charge in [-0.05, 0) is 43.0 Å². The van der Waals surface area contributed by atoms with Crippen LogP contribution in [0, 0.1) is 18.2 Å². The van der Waals surface area contributed by atoms with Crippen molar-refractivity contribution >= 4 is 0 Å². The van der Waals surface area contributed by atoms with Crippen LogP contribution in [0.3, 0.4) is 0 Å². The van der Waals surface area contributed by atoms with Crippen LogP contribution in [0.4, 0.5) is 4.39 Å². The molecule has 0 amide bonds. The molecule has 2 N–H and O–H groups in total. The Hall–Kier alpha value is -2.80. The average molecular weight is 383 g/mol. The number of hydrogen-bond donors (Lipinski definition) is 1. The second-order valence-corrected chi connectivity index (χ2v) is 8.03. The van der Waals surface area contributed by atoms with Gasteiger partial charge >= 0.3 is 0 Å². The highest BCUT2D eigenvalue weighted by atomic mass is 19.1. The summed E-state index contributed by atoms with van der Waals surface area (Å²) < 4.78 is 21.8. The standard InChI is InChI=1S/C21H26FN5O/c1-14-19(12-27(26-14)13-21(2,3)4)28-18-9-16(22)5-6-17(18)20-24-10-15(7-8-23)11-25-20/h5-6,9-12H,7-8,13,23H2,1-4H3. The fourth-order valence-electron chi connectivity index (χ4n) is 2.84. The van der Waals surface area contributed by atoms with Crippen molar-refractivity contribution < 1.29 is 9.13 Å². The minimum Gasteiger partial charge on any atom is -0.453 e. The zero-order valence-corrected chi connectivity index (χ0v) is 16.7. The third kappa shape index (κ3) is 4.92. The van der Waals surface area contributed by atoms with E-state index in [9.17, 15) is 4.39 Å². The fourth-order valence-corrected chi connectivity index (χ4v) is 2.84. The highest BCUT2D eigenvalue weighted by Crippen LogP contribution is 2.33. The molecule has 148 valence electrons. The van der Waals surface area contributed by atoms with Crippen molar-refractivity contribution in [2.75, 3.05) is 6.54 Å². The van der Waals surface area contributed by atoms with E-state index in [1.165, 1.54) is 12.1 Å². The third-order valence-corrected chi connectivity index (χ3v) is 4.08. The van der Waals surface area contributed by atoms with Gasteiger partial charge in [0.1, 0.15) is 17.3 Å². The normalized spacial score (nSPS) is 11.6.